The van der Waals surface area contributed by atoms with E-state index in [2.05, 4.69) is 28.8 Å². The highest BCUT2D eigenvalue weighted by Crippen LogP contribution is 2.28. The van der Waals surface area contributed by atoms with Gasteiger partial charge in [0.25, 0.3) is 0 Å². The van der Waals surface area contributed by atoms with Crippen LogP contribution in [0.5, 0.6) is 5.75 Å². The number of nitrogens with zero attached hydrogens (tertiary/aromatic N) is 1. The van der Waals surface area contributed by atoms with E-state index in [9.17, 15) is 22.8 Å². The Balaban J connectivity index is 0.000000512. The summed E-state index contributed by atoms with van der Waals surface area (Å²) < 4.78 is 41.9. The molecule has 1 aromatic carbocycles. The van der Waals surface area contributed by atoms with E-state index >= 15 is 0 Å². The van der Waals surface area contributed by atoms with E-state index in [-0.39, 0.29) is 5.75 Å². The molecule has 1 aliphatic rings. The number of rotatable bonds is 8. The minimum atomic E-state index is -4.66. The quantitative estimate of drug-likeness (QED) is 0.526. The molecule has 0 aliphatic carbocycles. The number of benzene rings is 1. The normalized spacial score (nSPS) is 15.1. The second kappa shape index (κ2) is 13.0. The molecule has 7 nitrogen and oxygen atoms in total. The summed E-state index contributed by atoms with van der Waals surface area (Å²) in [6.07, 6.45) is -1.50. The van der Waals surface area contributed by atoms with Crippen LogP contribution in [0.1, 0.15) is 32.3 Å². The maximum Gasteiger partial charge on any atom is 0.573 e. The summed E-state index contributed by atoms with van der Waals surface area (Å²) >= 11 is 0. The molecule has 3 N–H and O–H groups in total. The van der Waals surface area contributed by atoms with Gasteiger partial charge >= 0.3 is 18.3 Å². The topological polar surface area (TPSA) is 99.1 Å². The number of hydrogen-bond donors (Lipinski definition) is 3. The van der Waals surface area contributed by atoms with Crippen LogP contribution in [0.15, 0.2) is 36.4 Å². The van der Waals surface area contributed by atoms with Crippen molar-refractivity contribution < 1.29 is 37.7 Å². The number of piperidine rings is 1. The van der Waals surface area contributed by atoms with E-state index in [1.807, 2.05) is 0 Å². The first-order chi connectivity index (χ1) is 14.5. The Kier molecular flexibility index (Phi) is 11.1. The number of carbonyl (C=O) groups is 2. The third-order valence-corrected chi connectivity index (χ3v) is 4.36. The molecule has 0 radical (unpaired) electrons. The van der Waals surface area contributed by atoms with E-state index in [1.54, 1.807) is 18.2 Å². The van der Waals surface area contributed by atoms with Gasteiger partial charge in [-0.2, -0.15) is 0 Å². The molecule has 1 fully saturated rings. The number of carboxylic acids is 2. The first-order valence-electron chi connectivity index (χ1n) is 9.90. The Morgan fingerprint density at radius 3 is 2.19 bits per heavy atom. The minimum absolute atomic E-state index is 0.0947. The predicted molar refractivity (Wildman–Crippen MR) is 109 cm³/mol. The zero-order valence-electron chi connectivity index (χ0n) is 17.6. The highest BCUT2D eigenvalue weighted by Gasteiger charge is 2.32. The Morgan fingerprint density at radius 2 is 1.71 bits per heavy atom. The lowest BCUT2D eigenvalue weighted by Crippen LogP contribution is -2.44. The van der Waals surface area contributed by atoms with Crippen LogP contribution in [0.4, 0.5) is 13.2 Å². The van der Waals surface area contributed by atoms with Crippen LogP contribution in [0.3, 0.4) is 0 Å². The van der Waals surface area contributed by atoms with Crippen molar-refractivity contribution in [2.75, 3.05) is 19.6 Å². The smallest absolute Gasteiger partial charge is 0.478 e. The van der Waals surface area contributed by atoms with Crippen LogP contribution in [0, 0.1) is 5.92 Å². The van der Waals surface area contributed by atoms with Crippen molar-refractivity contribution >= 4 is 11.9 Å². The number of nitrogens with one attached hydrogen (secondary N) is 1. The van der Waals surface area contributed by atoms with Gasteiger partial charge in [0.2, 0.25) is 0 Å². The van der Waals surface area contributed by atoms with E-state index in [0.29, 0.717) is 36.2 Å². The summed E-state index contributed by atoms with van der Waals surface area (Å²) in [5.74, 6) is -2.15. The van der Waals surface area contributed by atoms with Crippen LogP contribution in [-0.2, 0) is 16.1 Å². The molecule has 31 heavy (non-hydrogen) atoms. The molecule has 0 spiro atoms. The number of halogens is 3. The van der Waals surface area contributed by atoms with Gasteiger partial charge in [-0.25, -0.2) is 9.59 Å². The molecular weight excluding hydrogens is 417 g/mol. The summed E-state index contributed by atoms with van der Waals surface area (Å²) in [7, 11) is 0. The molecule has 1 saturated heterocycles. The first-order valence-corrected chi connectivity index (χ1v) is 9.90. The molecule has 0 unspecified atom stereocenters. The van der Waals surface area contributed by atoms with Crippen molar-refractivity contribution in [1.82, 2.24) is 10.2 Å². The Hall–Kier alpha value is -2.59. The highest BCUT2D eigenvalue weighted by atomic mass is 19.4. The first kappa shape index (κ1) is 26.4. The Labute approximate surface area is 179 Å². The SMILES string of the molecule is CC(C)CN(Cc1ccccc1OC(F)(F)F)C1CCNCC1.O=C(O)/C=C/C(=O)O. The molecule has 1 heterocycles. The number of ether oxygens (including phenoxy) is 1. The molecule has 0 atom stereocenters. The second-order valence-electron chi connectivity index (χ2n) is 7.47. The summed E-state index contributed by atoms with van der Waals surface area (Å²) in [5, 5.41) is 19.0. The lowest BCUT2D eigenvalue weighted by molar-refractivity contribution is -0.275. The van der Waals surface area contributed by atoms with Crippen LogP contribution < -0.4 is 10.1 Å². The predicted octanol–water partition coefficient (Wildman–Crippen LogP) is 3.51. The van der Waals surface area contributed by atoms with Gasteiger partial charge in [-0.3, -0.25) is 4.90 Å². The molecule has 0 aromatic heterocycles. The van der Waals surface area contributed by atoms with Crippen LogP contribution >= 0.6 is 0 Å². The standard InChI is InChI=1S/C17H25F3N2O.C4H4O4/c1-13(2)11-22(15-7-9-21-10-8-15)12-14-5-3-4-6-16(14)23-17(18,19)20;5-3(6)1-2-4(7)8/h3-6,13,15,21H,7-12H2,1-2H3;1-2H,(H,5,6)(H,7,8)/b;2-1+. The van der Waals surface area contributed by atoms with Crippen molar-refractivity contribution in [2.45, 2.75) is 45.6 Å². The molecule has 1 aromatic rings. The van der Waals surface area contributed by atoms with Gasteiger partial charge in [0.1, 0.15) is 5.75 Å². The lowest BCUT2D eigenvalue weighted by atomic mass is 10.0. The number of alkyl halides is 3. The van der Waals surface area contributed by atoms with Gasteiger partial charge in [0.05, 0.1) is 0 Å². The van der Waals surface area contributed by atoms with E-state index in [1.165, 1.54) is 6.07 Å². The number of hydrogen-bond acceptors (Lipinski definition) is 5. The maximum absolute atomic E-state index is 12.6. The largest absolute Gasteiger partial charge is 0.573 e. The monoisotopic (exact) mass is 446 g/mol. The van der Waals surface area contributed by atoms with Crippen molar-refractivity contribution in [3.63, 3.8) is 0 Å². The van der Waals surface area contributed by atoms with E-state index < -0.39 is 18.3 Å². The summed E-state index contributed by atoms with van der Waals surface area (Å²) in [6, 6.07) is 6.84. The molecule has 10 heteroatoms. The van der Waals surface area contributed by atoms with Gasteiger partial charge in [-0.1, -0.05) is 32.0 Å². The van der Waals surface area contributed by atoms with Crippen LogP contribution in [0.2, 0.25) is 0 Å². The summed E-state index contributed by atoms with van der Waals surface area (Å²) in [4.78, 5) is 21.4. The van der Waals surface area contributed by atoms with E-state index in [4.69, 9.17) is 10.2 Å². The fourth-order valence-corrected chi connectivity index (χ4v) is 3.20. The Morgan fingerprint density at radius 1 is 1.16 bits per heavy atom. The van der Waals surface area contributed by atoms with Crippen molar-refractivity contribution in [3.8, 4) is 5.75 Å². The van der Waals surface area contributed by atoms with Gasteiger partial charge in [-0.05, 0) is 37.9 Å². The zero-order chi connectivity index (χ0) is 23.4. The average molecular weight is 446 g/mol. The number of carboxylic acid groups (broad SMARTS) is 2. The number of para-hydroxylation sites is 1. The van der Waals surface area contributed by atoms with E-state index in [0.717, 1.165) is 32.5 Å². The van der Waals surface area contributed by atoms with Crippen LogP contribution in [0.25, 0.3) is 0 Å². The molecular formula is C21H29F3N2O5. The lowest BCUT2D eigenvalue weighted by Gasteiger charge is -2.36. The van der Waals surface area contributed by atoms with Gasteiger partial charge in [-0.15, -0.1) is 13.2 Å². The summed E-state index contributed by atoms with van der Waals surface area (Å²) in [5.41, 5.74) is 0.587. The average Bonchev–Trinajstić information content (AvgIpc) is 2.67. The second-order valence-corrected chi connectivity index (χ2v) is 7.47. The fraction of sp³-hybridized carbons (Fsp3) is 0.524. The van der Waals surface area contributed by atoms with Gasteiger partial charge in [0, 0.05) is 36.8 Å². The third kappa shape index (κ3) is 12.0. The fourth-order valence-electron chi connectivity index (χ4n) is 3.20. The van der Waals surface area contributed by atoms with Crippen molar-refractivity contribution in [2.24, 2.45) is 5.92 Å². The minimum Gasteiger partial charge on any atom is -0.478 e. The maximum atomic E-state index is 12.6. The molecule has 0 bridgehead atoms. The van der Waals surface area contributed by atoms with Crippen LogP contribution in [-0.4, -0.2) is 59.1 Å². The molecule has 2 rings (SSSR count). The third-order valence-electron chi connectivity index (χ3n) is 4.36. The zero-order valence-corrected chi connectivity index (χ0v) is 17.6. The molecule has 1 aliphatic heterocycles. The highest BCUT2D eigenvalue weighted by molar-refractivity contribution is 5.89. The van der Waals surface area contributed by atoms with Crippen molar-refractivity contribution in [3.05, 3.63) is 42.0 Å². The van der Waals surface area contributed by atoms with Crippen molar-refractivity contribution in [1.29, 1.82) is 0 Å². The van der Waals surface area contributed by atoms with Gasteiger partial charge < -0.3 is 20.3 Å². The number of aliphatic carboxylic acids is 2. The molecule has 174 valence electrons. The Bertz CT molecular complexity index is 716. The molecule has 0 saturated carbocycles. The molecule has 0 amide bonds. The summed E-state index contributed by atoms with van der Waals surface area (Å²) in [6.45, 7) is 7.53. The van der Waals surface area contributed by atoms with Gasteiger partial charge in [0.15, 0.2) is 0 Å².